The van der Waals surface area contributed by atoms with Crippen LogP contribution >= 0.6 is 0 Å². The Labute approximate surface area is 76.4 Å². The average Bonchev–Trinajstić information content (AvgIpc) is 2.20. The van der Waals surface area contributed by atoms with Crippen molar-refractivity contribution >= 4 is 12.2 Å². The summed E-state index contributed by atoms with van der Waals surface area (Å²) >= 11 is 0. The minimum Gasteiger partial charge on any atom is -0.279 e. The zero-order valence-corrected chi connectivity index (χ0v) is 7.09. The van der Waals surface area contributed by atoms with Crippen LogP contribution in [0.4, 0.5) is 0 Å². The molecule has 4 heteroatoms. The molecule has 1 aromatic rings. The van der Waals surface area contributed by atoms with Crippen LogP contribution in [0.5, 0.6) is 0 Å². The van der Waals surface area contributed by atoms with E-state index in [0.717, 1.165) is 11.4 Å². The van der Waals surface area contributed by atoms with E-state index in [4.69, 9.17) is 5.84 Å². The van der Waals surface area contributed by atoms with Gasteiger partial charge in [0.05, 0.1) is 0 Å². The van der Waals surface area contributed by atoms with Crippen LogP contribution in [0.15, 0.2) is 40.3 Å². The third-order valence-electron chi connectivity index (χ3n) is 1.74. The zero-order chi connectivity index (χ0) is 9.10. The number of amidine groups is 1. The Morgan fingerprint density at radius 3 is 2.62 bits per heavy atom. The SMILES string of the molecule is NN1C=NC(c2ccccc2)=NC1. The number of aliphatic imine (C=N–C) groups is 2. The van der Waals surface area contributed by atoms with Gasteiger partial charge >= 0.3 is 0 Å². The minimum atomic E-state index is 0.466. The van der Waals surface area contributed by atoms with Crippen LogP contribution in [0.2, 0.25) is 0 Å². The molecule has 0 radical (unpaired) electrons. The number of hydrogen-bond donors (Lipinski definition) is 1. The predicted octanol–water partition coefficient (Wildman–Crippen LogP) is 0.608. The molecule has 0 amide bonds. The van der Waals surface area contributed by atoms with Gasteiger partial charge in [-0.15, -0.1) is 0 Å². The summed E-state index contributed by atoms with van der Waals surface area (Å²) in [5.41, 5.74) is 1.02. The van der Waals surface area contributed by atoms with Crippen molar-refractivity contribution in [3.05, 3.63) is 35.9 Å². The molecule has 2 rings (SSSR count). The van der Waals surface area contributed by atoms with Crippen molar-refractivity contribution in [2.45, 2.75) is 0 Å². The molecule has 0 aliphatic carbocycles. The number of rotatable bonds is 1. The summed E-state index contributed by atoms with van der Waals surface area (Å²) in [7, 11) is 0. The fourth-order valence-electron chi connectivity index (χ4n) is 1.11. The van der Waals surface area contributed by atoms with Gasteiger partial charge < -0.3 is 0 Å². The van der Waals surface area contributed by atoms with Crippen LogP contribution in [0.1, 0.15) is 5.56 Å². The first-order valence-electron chi connectivity index (χ1n) is 4.01. The van der Waals surface area contributed by atoms with Crippen LogP contribution in [0, 0.1) is 0 Å². The van der Waals surface area contributed by atoms with Crippen LogP contribution in [0.3, 0.4) is 0 Å². The quantitative estimate of drug-likeness (QED) is 0.634. The van der Waals surface area contributed by atoms with E-state index < -0.39 is 0 Å². The molecule has 0 fully saturated rings. The number of hydrazine groups is 1. The van der Waals surface area contributed by atoms with Crippen molar-refractivity contribution in [3.8, 4) is 0 Å². The van der Waals surface area contributed by atoms with E-state index in [9.17, 15) is 0 Å². The van der Waals surface area contributed by atoms with E-state index in [1.807, 2.05) is 30.3 Å². The van der Waals surface area contributed by atoms with Crippen LogP contribution in [-0.2, 0) is 0 Å². The molecule has 0 saturated carbocycles. The van der Waals surface area contributed by atoms with Gasteiger partial charge in [0, 0.05) is 5.56 Å². The van der Waals surface area contributed by atoms with Gasteiger partial charge in [-0.2, -0.15) is 0 Å². The highest BCUT2D eigenvalue weighted by Crippen LogP contribution is 2.04. The Balaban J connectivity index is 2.25. The van der Waals surface area contributed by atoms with Crippen LogP contribution in [0.25, 0.3) is 0 Å². The molecule has 1 aliphatic rings. The number of hydrogen-bond acceptors (Lipinski definition) is 4. The lowest BCUT2D eigenvalue weighted by Crippen LogP contribution is -2.33. The van der Waals surface area contributed by atoms with Crippen molar-refractivity contribution in [2.24, 2.45) is 15.8 Å². The van der Waals surface area contributed by atoms with Crippen LogP contribution < -0.4 is 5.84 Å². The maximum absolute atomic E-state index is 5.45. The monoisotopic (exact) mass is 174 g/mol. The highest BCUT2D eigenvalue weighted by molar-refractivity contribution is 6.03. The first-order valence-corrected chi connectivity index (χ1v) is 4.01. The molecular weight excluding hydrogens is 164 g/mol. The Morgan fingerprint density at radius 2 is 2.00 bits per heavy atom. The van der Waals surface area contributed by atoms with E-state index >= 15 is 0 Å². The van der Waals surface area contributed by atoms with Crippen molar-refractivity contribution < 1.29 is 0 Å². The van der Waals surface area contributed by atoms with Gasteiger partial charge in [0.15, 0.2) is 5.84 Å². The lowest BCUT2D eigenvalue weighted by Gasteiger charge is -2.14. The van der Waals surface area contributed by atoms with E-state index in [1.165, 1.54) is 5.01 Å². The van der Waals surface area contributed by atoms with Crippen molar-refractivity contribution in [1.29, 1.82) is 0 Å². The third kappa shape index (κ3) is 1.73. The summed E-state index contributed by atoms with van der Waals surface area (Å²) in [6.07, 6.45) is 1.58. The van der Waals surface area contributed by atoms with Gasteiger partial charge in [-0.3, -0.25) is 5.01 Å². The summed E-state index contributed by atoms with van der Waals surface area (Å²) in [5, 5.41) is 1.44. The van der Waals surface area contributed by atoms with Crippen molar-refractivity contribution in [1.82, 2.24) is 5.01 Å². The fraction of sp³-hybridized carbons (Fsp3) is 0.111. The lowest BCUT2D eigenvalue weighted by molar-refractivity contribution is 0.464. The number of benzene rings is 1. The molecule has 0 saturated heterocycles. The molecule has 1 heterocycles. The second-order valence-corrected chi connectivity index (χ2v) is 2.75. The Bertz CT molecular complexity index is 342. The van der Waals surface area contributed by atoms with Gasteiger partial charge in [-0.25, -0.2) is 15.8 Å². The normalized spacial score (nSPS) is 15.8. The molecule has 13 heavy (non-hydrogen) atoms. The number of nitrogens with two attached hydrogens (primary N) is 1. The van der Waals surface area contributed by atoms with E-state index in [1.54, 1.807) is 6.34 Å². The molecule has 1 aliphatic heterocycles. The van der Waals surface area contributed by atoms with Crippen molar-refractivity contribution in [3.63, 3.8) is 0 Å². The Kier molecular flexibility index (Phi) is 2.06. The zero-order valence-electron chi connectivity index (χ0n) is 7.09. The molecule has 2 N–H and O–H groups in total. The molecule has 66 valence electrons. The second kappa shape index (κ2) is 3.37. The third-order valence-corrected chi connectivity index (χ3v) is 1.74. The summed E-state index contributed by atoms with van der Waals surface area (Å²) in [4.78, 5) is 8.31. The molecule has 0 bridgehead atoms. The fourth-order valence-corrected chi connectivity index (χ4v) is 1.11. The summed E-state index contributed by atoms with van der Waals surface area (Å²) in [6.45, 7) is 0.466. The summed E-state index contributed by atoms with van der Waals surface area (Å²) < 4.78 is 0. The summed E-state index contributed by atoms with van der Waals surface area (Å²) in [6, 6.07) is 9.83. The molecule has 0 atom stereocenters. The van der Waals surface area contributed by atoms with Gasteiger partial charge in [0.25, 0.3) is 0 Å². The smallest absolute Gasteiger partial charge is 0.158 e. The Hall–Kier alpha value is -1.68. The summed E-state index contributed by atoms with van der Waals surface area (Å²) in [5.74, 6) is 6.19. The molecular formula is C9H10N4. The molecule has 4 nitrogen and oxygen atoms in total. The maximum atomic E-state index is 5.45. The first-order chi connectivity index (χ1) is 6.36. The van der Waals surface area contributed by atoms with E-state index in [2.05, 4.69) is 9.98 Å². The van der Waals surface area contributed by atoms with Crippen molar-refractivity contribution in [2.75, 3.05) is 6.67 Å². The van der Waals surface area contributed by atoms with Gasteiger partial charge in [-0.1, -0.05) is 30.3 Å². The highest BCUT2D eigenvalue weighted by atomic mass is 15.5. The lowest BCUT2D eigenvalue weighted by atomic mass is 10.2. The Morgan fingerprint density at radius 1 is 1.23 bits per heavy atom. The largest absolute Gasteiger partial charge is 0.279 e. The minimum absolute atomic E-state index is 0.466. The highest BCUT2D eigenvalue weighted by Gasteiger charge is 2.04. The van der Waals surface area contributed by atoms with Gasteiger partial charge in [-0.05, 0) is 0 Å². The van der Waals surface area contributed by atoms with Crippen LogP contribution in [-0.4, -0.2) is 23.9 Å². The predicted molar refractivity (Wildman–Crippen MR) is 52.4 cm³/mol. The standard InChI is InChI=1S/C9H10N4/c10-13-6-11-9(12-7-13)8-4-2-1-3-5-8/h1-6H,7,10H2. The molecule has 0 spiro atoms. The first kappa shape index (κ1) is 7.94. The average molecular weight is 174 g/mol. The topological polar surface area (TPSA) is 54.0 Å². The number of nitrogens with zero attached hydrogens (tertiary/aromatic N) is 3. The molecule has 1 aromatic carbocycles. The molecule has 0 aromatic heterocycles. The molecule has 0 unspecified atom stereocenters. The second-order valence-electron chi connectivity index (χ2n) is 2.75. The van der Waals surface area contributed by atoms with Gasteiger partial charge in [0.1, 0.15) is 13.0 Å². The van der Waals surface area contributed by atoms with Gasteiger partial charge in [0.2, 0.25) is 0 Å². The maximum Gasteiger partial charge on any atom is 0.158 e. The van der Waals surface area contributed by atoms with E-state index in [-0.39, 0.29) is 0 Å². The van der Waals surface area contributed by atoms with E-state index in [0.29, 0.717) is 6.67 Å².